The van der Waals surface area contributed by atoms with Crippen molar-refractivity contribution in [3.05, 3.63) is 18.3 Å². The van der Waals surface area contributed by atoms with Crippen LogP contribution in [-0.4, -0.2) is 37.1 Å². The number of nitrogens with zero attached hydrogens (tertiary/aromatic N) is 2. The van der Waals surface area contributed by atoms with E-state index in [1.165, 1.54) is 12.8 Å². The number of halogens is 2. The number of carbonyl (C=O) groups is 1. The first-order chi connectivity index (χ1) is 9.83. The van der Waals surface area contributed by atoms with Gasteiger partial charge in [0.25, 0.3) is 0 Å². The molecule has 22 heavy (non-hydrogen) atoms. The second-order valence-electron chi connectivity index (χ2n) is 5.63. The van der Waals surface area contributed by atoms with E-state index in [1.54, 1.807) is 6.20 Å². The highest BCUT2D eigenvalue weighted by Crippen LogP contribution is 2.20. The summed E-state index contributed by atoms with van der Waals surface area (Å²) >= 11 is 0. The molecule has 1 aromatic heterocycles. The van der Waals surface area contributed by atoms with E-state index in [-0.39, 0.29) is 36.6 Å². The lowest BCUT2D eigenvalue weighted by Gasteiger charge is -2.22. The minimum absolute atomic E-state index is 0. The molecule has 2 aliphatic heterocycles. The van der Waals surface area contributed by atoms with Crippen molar-refractivity contribution in [2.75, 3.05) is 36.4 Å². The molecular formula is C15H24Cl2N4O. The second-order valence-corrected chi connectivity index (χ2v) is 5.63. The number of hydrogen-bond acceptors (Lipinski definition) is 4. The average molecular weight is 347 g/mol. The first-order valence-electron chi connectivity index (χ1n) is 7.55. The lowest BCUT2D eigenvalue weighted by Crippen LogP contribution is -2.37. The van der Waals surface area contributed by atoms with Gasteiger partial charge < -0.3 is 15.5 Å². The van der Waals surface area contributed by atoms with Crippen LogP contribution >= 0.6 is 24.8 Å². The summed E-state index contributed by atoms with van der Waals surface area (Å²) in [6.07, 6.45) is 6.30. The highest BCUT2D eigenvalue weighted by Gasteiger charge is 2.21. The third-order valence-corrected chi connectivity index (χ3v) is 4.11. The first kappa shape index (κ1) is 19.0. The first-order valence-corrected chi connectivity index (χ1v) is 7.55. The maximum absolute atomic E-state index is 12.1. The van der Waals surface area contributed by atoms with Crippen LogP contribution in [0.25, 0.3) is 0 Å². The summed E-state index contributed by atoms with van der Waals surface area (Å²) in [4.78, 5) is 18.9. The summed E-state index contributed by atoms with van der Waals surface area (Å²) in [5, 5.41) is 6.23. The molecule has 7 heteroatoms. The minimum atomic E-state index is 0. The number of amides is 1. The Labute approximate surface area is 144 Å². The maximum Gasteiger partial charge on any atom is 0.228 e. The molecule has 1 atom stereocenters. The molecule has 0 saturated carbocycles. The quantitative estimate of drug-likeness (QED) is 0.882. The molecule has 2 aliphatic rings. The van der Waals surface area contributed by atoms with Gasteiger partial charge in [-0.2, -0.15) is 0 Å². The molecule has 0 unspecified atom stereocenters. The van der Waals surface area contributed by atoms with Crippen molar-refractivity contribution in [1.29, 1.82) is 0 Å². The third-order valence-electron chi connectivity index (χ3n) is 4.11. The van der Waals surface area contributed by atoms with E-state index in [2.05, 4.69) is 20.5 Å². The summed E-state index contributed by atoms with van der Waals surface area (Å²) in [7, 11) is 0. The molecule has 3 heterocycles. The number of carbonyl (C=O) groups excluding carboxylic acids is 1. The predicted octanol–water partition coefficient (Wildman–Crippen LogP) is 2.46. The number of piperidine rings is 1. The summed E-state index contributed by atoms with van der Waals surface area (Å²) in [5.41, 5.74) is 0.795. The molecule has 2 saturated heterocycles. The Morgan fingerprint density at radius 1 is 1.23 bits per heavy atom. The molecular weight excluding hydrogens is 323 g/mol. The predicted molar refractivity (Wildman–Crippen MR) is 94.4 cm³/mol. The highest BCUT2D eigenvalue weighted by atomic mass is 35.5. The molecule has 2 fully saturated rings. The van der Waals surface area contributed by atoms with Crippen molar-refractivity contribution in [3.63, 3.8) is 0 Å². The van der Waals surface area contributed by atoms with E-state index in [9.17, 15) is 4.79 Å². The van der Waals surface area contributed by atoms with E-state index in [4.69, 9.17) is 0 Å². The van der Waals surface area contributed by atoms with E-state index in [0.29, 0.717) is 0 Å². The molecule has 1 amide bonds. The molecule has 0 aromatic carbocycles. The number of hydrogen-bond donors (Lipinski definition) is 2. The average Bonchev–Trinajstić information content (AvgIpc) is 3.03. The lowest BCUT2D eigenvalue weighted by molar-refractivity contribution is -0.120. The standard InChI is InChI=1S/C15H22N4O.2ClH/c20-15(12-4-3-7-16-10-12)18-13-5-6-14(17-11-13)19-8-1-2-9-19;;/h5-6,11-12,16H,1-4,7-10H2,(H,18,20);2*1H/t12-;;/m1../s1. The molecule has 0 aliphatic carbocycles. The van der Waals surface area contributed by atoms with E-state index >= 15 is 0 Å². The van der Waals surface area contributed by atoms with Gasteiger partial charge >= 0.3 is 0 Å². The normalized spacial score (nSPS) is 20.7. The fourth-order valence-electron chi connectivity index (χ4n) is 2.91. The van der Waals surface area contributed by atoms with Gasteiger partial charge in [-0.3, -0.25) is 4.79 Å². The summed E-state index contributed by atoms with van der Waals surface area (Å²) in [5.74, 6) is 1.20. The number of pyridine rings is 1. The monoisotopic (exact) mass is 346 g/mol. The smallest absolute Gasteiger partial charge is 0.228 e. The van der Waals surface area contributed by atoms with Gasteiger partial charge in [0.15, 0.2) is 0 Å². The van der Waals surface area contributed by atoms with Gasteiger partial charge in [-0.25, -0.2) is 4.98 Å². The van der Waals surface area contributed by atoms with Crippen LogP contribution in [0.4, 0.5) is 11.5 Å². The Morgan fingerprint density at radius 3 is 2.59 bits per heavy atom. The summed E-state index contributed by atoms with van der Waals surface area (Å²) in [6.45, 7) is 3.99. The van der Waals surface area contributed by atoms with Gasteiger partial charge in [0, 0.05) is 19.6 Å². The zero-order chi connectivity index (χ0) is 13.8. The van der Waals surface area contributed by atoms with Gasteiger partial charge in [0.2, 0.25) is 5.91 Å². The van der Waals surface area contributed by atoms with E-state index < -0.39 is 0 Å². The SMILES string of the molecule is Cl.Cl.O=C(Nc1ccc(N2CCCC2)nc1)[C@@H]1CCCNC1. The van der Waals surface area contributed by atoms with Crippen molar-refractivity contribution in [3.8, 4) is 0 Å². The Bertz CT molecular complexity index is 457. The molecule has 124 valence electrons. The molecule has 0 spiro atoms. The summed E-state index contributed by atoms with van der Waals surface area (Å²) in [6, 6.07) is 3.95. The Kier molecular flexibility index (Phi) is 7.93. The molecule has 0 bridgehead atoms. The van der Waals surface area contributed by atoms with Gasteiger partial charge in [-0.05, 0) is 44.4 Å². The zero-order valence-electron chi connectivity index (χ0n) is 12.6. The van der Waals surface area contributed by atoms with Crippen molar-refractivity contribution in [2.45, 2.75) is 25.7 Å². The minimum Gasteiger partial charge on any atom is -0.357 e. The zero-order valence-corrected chi connectivity index (χ0v) is 14.2. The lowest BCUT2D eigenvalue weighted by atomic mass is 9.99. The number of aromatic nitrogens is 1. The van der Waals surface area contributed by atoms with Gasteiger partial charge in [0.05, 0.1) is 17.8 Å². The van der Waals surface area contributed by atoms with E-state index in [0.717, 1.165) is 50.5 Å². The van der Waals surface area contributed by atoms with Gasteiger partial charge in [-0.15, -0.1) is 24.8 Å². The van der Waals surface area contributed by atoms with Crippen LogP contribution in [-0.2, 0) is 4.79 Å². The largest absolute Gasteiger partial charge is 0.357 e. The fourth-order valence-corrected chi connectivity index (χ4v) is 2.91. The summed E-state index contributed by atoms with van der Waals surface area (Å²) < 4.78 is 0. The third kappa shape index (κ3) is 4.73. The van der Waals surface area contributed by atoms with E-state index in [1.807, 2.05) is 12.1 Å². The Balaban J connectivity index is 0.00000121. The van der Waals surface area contributed by atoms with Crippen molar-refractivity contribution >= 4 is 42.2 Å². The van der Waals surface area contributed by atoms with Gasteiger partial charge in [0.1, 0.15) is 5.82 Å². The van der Waals surface area contributed by atoms with Crippen LogP contribution in [0.5, 0.6) is 0 Å². The topological polar surface area (TPSA) is 57.3 Å². The number of anilines is 2. The Morgan fingerprint density at radius 2 is 2.00 bits per heavy atom. The van der Waals surface area contributed by atoms with Crippen molar-refractivity contribution in [2.24, 2.45) is 5.92 Å². The van der Waals surface area contributed by atoms with Crippen molar-refractivity contribution < 1.29 is 4.79 Å². The molecule has 5 nitrogen and oxygen atoms in total. The molecule has 0 radical (unpaired) electrons. The van der Waals surface area contributed by atoms with Crippen LogP contribution in [0.3, 0.4) is 0 Å². The highest BCUT2D eigenvalue weighted by molar-refractivity contribution is 5.92. The molecule has 3 rings (SSSR count). The van der Waals surface area contributed by atoms with Crippen LogP contribution < -0.4 is 15.5 Å². The van der Waals surface area contributed by atoms with Crippen LogP contribution in [0.15, 0.2) is 18.3 Å². The van der Waals surface area contributed by atoms with Crippen LogP contribution in [0, 0.1) is 5.92 Å². The molecule has 2 N–H and O–H groups in total. The molecule has 1 aromatic rings. The van der Waals surface area contributed by atoms with Crippen molar-refractivity contribution in [1.82, 2.24) is 10.3 Å². The number of rotatable bonds is 3. The second kappa shape index (κ2) is 9.18. The van der Waals surface area contributed by atoms with Crippen LogP contribution in [0.2, 0.25) is 0 Å². The van der Waals surface area contributed by atoms with Gasteiger partial charge in [-0.1, -0.05) is 0 Å². The number of nitrogens with one attached hydrogen (secondary N) is 2. The fraction of sp³-hybridized carbons (Fsp3) is 0.600. The van der Waals surface area contributed by atoms with Crippen LogP contribution in [0.1, 0.15) is 25.7 Å². The Hall–Kier alpha value is -1.04. The maximum atomic E-state index is 12.1.